The number of nitrogens with zero attached hydrogens (tertiary/aromatic N) is 6. The van der Waals surface area contributed by atoms with Gasteiger partial charge in [0, 0.05) is 28.9 Å². The average Bonchev–Trinajstić information content (AvgIpc) is 3.48. The van der Waals surface area contributed by atoms with Crippen LogP contribution in [0.25, 0.3) is 11.1 Å². The Labute approximate surface area is 204 Å². The third-order valence-electron chi connectivity index (χ3n) is 5.29. The van der Waals surface area contributed by atoms with Crippen LogP contribution in [0.2, 0.25) is 0 Å². The zero-order valence-corrected chi connectivity index (χ0v) is 19.6. The summed E-state index contributed by atoms with van der Waals surface area (Å²) in [6.07, 6.45) is 4.81. The fourth-order valence-electron chi connectivity index (χ4n) is 3.79. The summed E-state index contributed by atoms with van der Waals surface area (Å²) in [5.41, 5.74) is 7.01. The van der Waals surface area contributed by atoms with Crippen molar-refractivity contribution in [3.63, 3.8) is 0 Å². The van der Waals surface area contributed by atoms with Gasteiger partial charge in [-0.3, -0.25) is 14.5 Å². The van der Waals surface area contributed by atoms with Crippen molar-refractivity contribution >= 4 is 63.0 Å². The number of anilines is 1. The average molecular weight is 518 g/mol. The van der Waals surface area contributed by atoms with Gasteiger partial charge in [0.25, 0.3) is 11.8 Å². The van der Waals surface area contributed by atoms with Crippen molar-refractivity contribution < 1.29 is 33.3 Å². The summed E-state index contributed by atoms with van der Waals surface area (Å²) in [4.78, 5) is 51.8. The van der Waals surface area contributed by atoms with Gasteiger partial charge in [0.2, 0.25) is 11.5 Å². The van der Waals surface area contributed by atoms with Crippen molar-refractivity contribution in [3.8, 4) is 0 Å². The van der Waals surface area contributed by atoms with Gasteiger partial charge in [0.05, 0.1) is 0 Å². The fraction of sp³-hybridized carbons (Fsp3) is 0.263. The first-order valence-electron chi connectivity index (χ1n) is 10.0. The molecule has 5 rings (SSSR count). The minimum Gasteiger partial charge on any atom is -0.477 e. The van der Waals surface area contributed by atoms with E-state index in [1.54, 1.807) is 23.0 Å². The number of thioether (sulfide) groups is 1. The minimum absolute atomic E-state index is 0.0405. The van der Waals surface area contributed by atoms with E-state index in [2.05, 4.69) is 24.8 Å². The van der Waals surface area contributed by atoms with Gasteiger partial charge in [-0.15, -0.1) is 11.8 Å². The Hall–Kier alpha value is -4.05. The summed E-state index contributed by atoms with van der Waals surface area (Å²) in [6.45, 7) is 0.243. The standard InChI is InChI=1S/C19H16N8O6S2/c1-32-24-11(14-23-19(20)35-25-14)15(28)22-12-16(29)27-13(18(30)31)8(6-34-17(12)27)4-26-3-2-10-9(5-26)21-7-33-10/h2-3,5,7,12,17H,4,6H2,1H3,(H3-,20,22,23,25,28,30,31)/p+1/t12?,17-/m0/s1. The lowest BCUT2D eigenvalue weighted by Gasteiger charge is -2.49. The number of fused-ring (bicyclic) bond motifs is 2. The van der Waals surface area contributed by atoms with E-state index in [9.17, 15) is 19.5 Å². The third-order valence-corrected chi connectivity index (χ3v) is 7.17. The number of β-lactam (4-membered cyclic amide) rings is 1. The second-order valence-corrected chi connectivity index (χ2v) is 9.30. The van der Waals surface area contributed by atoms with Gasteiger partial charge in [0.15, 0.2) is 41.6 Å². The lowest BCUT2D eigenvalue weighted by atomic mass is 10.0. The summed E-state index contributed by atoms with van der Waals surface area (Å²) in [6, 6.07) is 0.771. The summed E-state index contributed by atoms with van der Waals surface area (Å²) in [7, 11) is 1.25. The number of amides is 2. The molecular weight excluding hydrogens is 500 g/mol. The maximum Gasteiger partial charge on any atom is 0.352 e. The van der Waals surface area contributed by atoms with E-state index in [1.165, 1.54) is 30.2 Å². The Bertz CT molecular complexity index is 1410. The molecule has 2 amide bonds. The molecule has 0 radical (unpaired) electrons. The number of carboxylic acid groups (broad SMARTS) is 1. The smallest absolute Gasteiger partial charge is 0.352 e. The summed E-state index contributed by atoms with van der Waals surface area (Å²) < 4.78 is 10.9. The normalized spacial score (nSPS) is 20.0. The first kappa shape index (κ1) is 22.7. The number of aliphatic carboxylic acids is 1. The van der Waals surface area contributed by atoms with Crippen molar-refractivity contribution in [3.05, 3.63) is 41.9 Å². The van der Waals surface area contributed by atoms with Gasteiger partial charge < -0.3 is 25.4 Å². The van der Waals surface area contributed by atoms with Crippen molar-refractivity contribution in [2.75, 3.05) is 18.6 Å². The Morgan fingerprint density at radius 1 is 1.49 bits per heavy atom. The number of carboxylic acids is 1. The van der Waals surface area contributed by atoms with E-state index in [0.717, 1.165) is 11.5 Å². The molecule has 0 aliphatic carbocycles. The number of oxime groups is 1. The van der Waals surface area contributed by atoms with Crippen LogP contribution in [0.4, 0.5) is 5.13 Å². The third kappa shape index (κ3) is 4.06. The van der Waals surface area contributed by atoms with Gasteiger partial charge in [-0.05, 0) is 0 Å². The maximum absolute atomic E-state index is 13.0. The molecule has 1 fully saturated rings. The number of nitrogens with one attached hydrogen (secondary N) is 1. The Kier molecular flexibility index (Phi) is 5.81. The Morgan fingerprint density at radius 2 is 2.31 bits per heavy atom. The van der Waals surface area contributed by atoms with E-state index >= 15 is 0 Å². The number of hydrogen-bond acceptors (Lipinski definition) is 12. The highest BCUT2D eigenvalue weighted by Gasteiger charge is 2.54. The molecule has 4 N–H and O–H groups in total. The largest absolute Gasteiger partial charge is 0.477 e. The molecule has 14 nitrogen and oxygen atoms in total. The van der Waals surface area contributed by atoms with E-state index in [4.69, 9.17) is 15.0 Å². The highest BCUT2D eigenvalue weighted by Crippen LogP contribution is 2.40. The molecule has 35 heavy (non-hydrogen) atoms. The minimum atomic E-state index is -1.23. The summed E-state index contributed by atoms with van der Waals surface area (Å²) >= 11 is 2.22. The number of pyridine rings is 1. The van der Waals surface area contributed by atoms with Gasteiger partial charge in [-0.1, -0.05) is 5.16 Å². The van der Waals surface area contributed by atoms with E-state index in [0.29, 0.717) is 22.4 Å². The fourth-order valence-corrected chi connectivity index (χ4v) is 5.56. The van der Waals surface area contributed by atoms with E-state index in [1.807, 2.05) is 0 Å². The van der Waals surface area contributed by atoms with Crippen LogP contribution in [-0.2, 0) is 25.8 Å². The monoisotopic (exact) mass is 517 g/mol. The molecule has 0 spiro atoms. The summed E-state index contributed by atoms with van der Waals surface area (Å²) in [5.74, 6) is -2.22. The lowest BCUT2D eigenvalue weighted by Crippen LogP contribution is -2.71. The van der Waals surface area contributed by atoms with Crippen molar-refractivity contribution in [2.45, 2.75) is 18.0 Å². The molecule has 5 heterocycles. The van der Waals surface area contributed by atoms with Crippen LogP contribution in [-0.4, -0.2) is 72.1 Å². The SMILES string of the molecule is CON=C(C(=O)NC1C(=O)N2C(C(=O)O)=C(C[n+]3ccc4ocnc4c3)CS[C@@H]12)c1nsc(N)n1. The zero-order chi connectivity index (χ0) is 24.7. The molecule has 2 atom stereocenters. The van der Waals surface area contributed by atoms with Crippen molar-refractivity contribution in [2.24, 2.45) is 5.16 Å². The van der Waals surface area contributed by atoms with Gasteiger partial charge in [0.1, 0.15) is 24.2 Å². The number of carbonyl (C=O) groups is 3. The quantitative estimate of drug-likeness (QED) is 0.156. The van der Waals surface area contributed by atoms with E-state index < -0.39 is 29.2 Å². The predicted octanol–water partition coefficient (Wildman–Crippen LogP) is -0.662. The molecular formula is C19H17N8O6S2+. The molecule has 16 heteroatoms. The Morgan fingerprint density at radius 3 is 3.03 bits per heavy atom. The zero-order valence-electron chi connectivity index (χ0n) is 17.9. The molecule has 2 aliphatic heterocycles. The van der Waals surface area contributed by atoms with Crippen LogP contribution >= 0.6 is 23.3 Å². The number of oxazole rings is 1. The molecule has 0 aromatic carbocycles. The first-order chi connectivity index (χ1) is 16.9. The van der Waals surface area contributed by atoms with Crippen LogP contribution in [0.3, 0.4) is 0 Å². The second kappa shape index (κ2) is 8.95. The molecule has 3 aromatic heterocycles. The number of aromatic nitrogens is 4. The number of rotatable bonds is 7. The topological polar surface area (TPSA) is 190 Å². The van der Waals surface area contributed by atoms with Gasteiger partial charge >= 0.3 is 5.97 Å². The molecule has 0 saturated carbocycles. The molecule has 1 unspecified atom stereocenters. The predicted molar refractivity (Wildman–Crippen MR) is 122 cm³/mol. The highest BCUT2D eigenvalue weighted by molar-refractivity contribution is 8.00. The number of hydrogen-bond donors (Lipinski definition) is 3. The molecule has 2 aliphatic rings. The molecule has 0 bridgehead atoms. The van der Waals surface area contributed by atoms with Crippen molar-refractivity contribution in [1.29, 1.82) is 0 Å². The number of nitrogen functional groups attached to an aromatic ring is 1. The number of nitrogens with two attached hydrogens (primary N) is 1. The molecule has 3 aromatic rings. The van der Waals surface area contributed by atoms with Crippen LogP contribution in [0.5, 0.6) is 0 Å². The summed E-state index contributed by atoms with van der Waals surface area (Å²) in [5, 5.41) is 15.7. The highest BCUT2D eigenvalue weighted by atomic mass is 32.2. The molecule has 180 valence electrons. The second-order valence-electron chi connectivity index (χ2n) is 7.42. The van der Waals surface area contributed by atoms with Gasteiger partial charge in [-0.2, -0.15) is 13.9 Å². The van der Waals surface area contributed by atoms with E-state index in [-0.39, 0.29) is 28.9 Å². The lowest BCUT2D eigenvalue weighted by molar-refractivity contribution is -0.687. The van der Waals surface area contributed by atoms with Crippen LogP contribution in [0, 0.1) is 0 Å². The molecule has 1 saturated heterocycles. The van der Waals surface area contributed by atoms with Crippen LogP contribution in [0.1, 0.15) is 5.82 Å². The number of carbonyl (C=O) groups excluding carboxylic acids is 2. The van der Waals surface area contributed by atoms with Crippen molar-refractivity contribution in [1.82, 2.24) is 24.6 Å². The van der Waals surface area contributed by atoms with Crippen LogP contribution < -0.4 is 15.6 Å². The first-order valence-corrected chi connectivity index (χ1v) is 11.8. The Balaban J connectivity index is 1.36. The van der Waals surface area contributed by atoms with Gasteiger partial charge in [-0.25, -0.2) is 9.78 Å². The van der Waals surface area contributed by atoms with Crippen LogP contribution in [0.15, 0.2) is 45.7 Å². The maximum atomic E-state index is 13.0.